The Morgan fingerprint density at radius 2 is 1.26 bits per heavy atom. The molecule has 2 atom stereocenters. The summed E-state index contributed by atoms with van der Waals surface area (Å²) in [5.74, 6) is -1.83. The molecule has 6 aromatic carbocycles. The Bertz CT molecular complexity index is 3700. The molecule has 6 aromatic rings. The first kappa shape index (κ1) is 80.8. The van der Waals surface area contributed by atoms with Crippen LogP contribution in [0.15, 0.2) is 146 Å². The van der Waals surface area contributed by atoms with Gasteiger partial charge >= 0.3 is 18.4 Å². The topological polar surface area (TPSA) is 148 Å². The van der Waals surface area contributed by atoms with Gasteiger partial charge in [0.25, 0.3) is 11.8 Å². The highest BCUT2D eigenvalue weighted by atomic mass is 35.5. The molecule has 548 valence electrons. The molecular formula is C75H90Cl3F7N8O8. The van der Waals surface area contributed by atoms with Crippen LogP contribution in [0.5, 0.6) is 0 Å². The molecule has 16 nitrogen and oxygen atoms in total. The van der Waals surface area contributed by atoms with Gasteiger partial charge in [0, 0.05) is 115 Å². The van der Waals surface area contributed by atoms with Gasteiger partial charge in [-0.25, -0.2) is 9.18 Å². The van der Waals surface area contributed by atoms with E-state index < -0.39 is 64.6 Å². The Morgan fingerprint density at radius 1 is 0.624 bits per heavy atom. The molecule has 3 fully saturated rings. The number of alkyl halides is 6. The lowest BCUT2D eigenvalue weighted by Crippen LogP contribution is -2.50. The Hall–Kier alpha value is -7.51. The maximum absolute atomic E-state index is 14.3. The van der Waals surface area contributed by atoms with E-state index in [0.29, 0.717) is 100 Å². The van der Waals surface area contributed by atoms with Crippen molar-refractivity contribution in [2.24, 2.45) is 0 Å². The number of amides is 5. The van der Waals surface area contributed by atoms with E-state index >= 15 is 0 Å². The summed E-state index contributed by atoms with van der Waals surface area (Å²) in [5, 5.41) is 2.93. The number of piperidine rings is 2. The fourth-order valence-corrected chi connectivity index (χ4v) is 14.0. The zero-order valence-electron chi connectivity index (χ0n) is 57.2. The van der Waals surface area contributed by atoms with Crippen LogP contribution in [0.3, 0.4) is 0 Å². The monoisotopic (exact) mass is 1470 g/mol. The number of likely N-dealkylation sites (N-methyl/N-ethyl adjacent to an activating group) is 2. The zero-order chi connectivity index (χ0) is 69.8. The number of halogens is 10. The van der Waals surface area contributed by atoms with Crippen LogP contribution in [-0.4, -0.2) is 185 Å². The molecule has 1 N–H and O–H groups in total. The van der Waals surface area contributed by atoms with E-state index in [1.807, 2.05) is 99.0 Å². The third-order valence-corrected chi connectivity index (χ3v) is 19.9. The molecule has 26 heteroatoms. The number of fused-ring (bicyclic) bond motifs is 2. The number of likely N-dealkylation sites (tertiary alicyclic amines) is 2. The molecule has 0 bridgehead atoms. The van der Waals surface area contributed by atoms with Gasteiger partial charge < -0.3 is 48.5 Å². The molecule has 4 aliphatic rings. The standard InChI is InChI=1S/C75H87F7N8O8.3ClH/c1-84(35-14-6-9-25-67(91)86(3)43-44-88-38-30-62(31-39-88)98-71(95)83-65-24-13-11-22-63(65)53-17-7-5-8-18-53)61-21-15-20-55(47-61)69(93)87(4)37-16-36-85(2)68(92)50-96-66-48-54-19-10-12-23-64(54)72(66)32-40-89(41-33-72)42-34-73(57-26-28-60(76)29-27-57)51-90(52-97-73)70(94)56-45-58(74(77,78)79)49-59(46-56)75(80,81)82;;;/h5,7-8,10-13,15,17-24,26-29,45-47,49,62,66H,6,9,14,16,25,30-44,48,50-52H2,1-4H3,(H,83,95);3*1H/t66-,73-;;;/m0.../s1. The van der Waals surface area contributed by atoms with Gasteiger partial charge in [0.15, 0.2) is 0 Å². The van der Waals surface area contributed by atoms with E-state index in [1.165, 1.54) is 24.3 Å². The number of benzene rings is 6. The number of ether oxygens (including phenoxy) is 3. The van der Waals surface area contributed by atoms with E-state index in [1.54, 1.807) is 34.9 Å². The lowest BCUT2D eigenvalue weighted by atomic mass is 9.72. The summed E-state index contributed by atoms with van der Waals surface area (Å²) in [5.41, 5.74) is 1.20. The minimum Gasteiger partial charge on any atom is -0.446 e. The second kappa shape index (κ2) is 36.1. The summed E-state index contributed by atoms with van der Waals surface area (Å²) in [4.78, 5) is 80.0. The van der Waals surface area contributed by atoms with Crippen molar-refractivity contribution in [2.45, 2.75) is 106 Å². The normalized spacial score (nSPS) is 17.6. The first-order chi connectivity index (χ1) is 46.9. The van der Waals surface area contributed by atoms with Crippen molar-refractivity contribution in [3.05, 3.63) is 190 Å². The van der Waals surface area contributed by atoms with E-state index in [9.17, 15) is 54.7 Å². The number of hydrogen-bond acceptors (Lipinski definition) is 11. The number of para-hydroxylation sites is 1. The zero-order valence-corrected chi connectivity index (χ0v) is 59.7. The Kier molecular flexibility index (Phi) is 28.9. The van der Waals surface area contributed by atoms with Crippen molar-refractivity contribution in [1.29, 1.82) is 0 Å². The fourth-order valence-electron chi connectivity index (χ4n) is 14.0. The third-order valence-electron chi connectivity index (χ3n) is 19.9. The minimum absolute atomic E-state index is 0. The number of nitrogens with zero attached hydrogens (tertiary/aromatic N) is 7. The summed E-state index contributed by atoms with van der Waals surface area (Å²) in [6.07, 6.45) is -4.10. The van der Waals surface area contributed by atoms with Crippen molar-refractivity contribution in [1.82, 2.24) is 29.4 Å². The molecule has 0 radical (unpaired) electrons. The van der Waals surface area contributed by atoms with Gasteiger partial charge in [0.05, 0.1) is 29.5 Å². The van der Waals surface area contributed by atoms with E-state index in [4.69, 9.17) is 14.2 Å². The summed E-state index contributed by atoms with van der Waals surface area (Å²) < 4.78 is 116. The van der Waals surface area contributed by atoms with E-state index in [0.717, 1.165) is 91.1 Å². The van der Waals surface area contributed by atoms with Gasteiger partial charge in [-0.05, 0) is 148 Å². The molecule has 1 spiro atoms. The van der Waals surface area contributed by atoms with Crippen LogP contribution in [0.1, 0.15) is 113 Å². The maximum Gasteiger partial charge on any atom is 0.416 e. The van der Waals surface area contributed by atoms with Gasteiger partial charge in [-0.3, -0.25) is 24.5 Å². The van der Waals surface area contributed by atoms with Gasteiger partial charge in [-0.15, -0.1) is 37.2 Å². The highest BCUT2D eigenvalue weighted by Crippen LogP contribution is 2.49. The first-order valence-electron chi connectivity index (χ1n) is 33.7. The number of rotatable bonds is 26. The molecule has 101 heavy (non-hydrogen) atoms. The van der Waals surface area contributed by atoms with Gasteiger partial charge in [0.2, 0.25) is 11.8 Å². The molecule has 0 aromatic heterocycles. The Morgan fingerprint density at radius 3 is 1.95 bits per heavy atom. The van der Waals surface area contributed by atoms with Gasteiger partial charge in [-0.1, -0.05) is 97.4 Å². The molecule has 10 rings (SSSR count). The average Bonchev–Trinajstić information content (AvgIpc) is 1.64. The van der Waals surface area contributed by atoms with Gasteiger partial charge in [0.1, 0.15) is 30.9 Å². The predicted octanol–water partition coefficient (Wildman–Crippen LogP) is 14.3. The highest BCUT2D eigenvalue weighted by molar-refractivity contribution is 5.96. The van der Waals surface area contributed by atoms with Gasteiger partial charge in [-0.2, -0.15) is 26.3 Å². The lowest BCUT2D eigenvalue weighted by Gasteiger charge is -2.44. The summed E-state index contributed by atoms with van der Waals surface area (Å²) in [6, 6.07) is 39.5. The maximum atomic E-state index is 14.3. The second-order valence-electron chi connectivity index (χ2n) is 26.5. The molecule has 0 saturated carbocycles. The Balaban J connectivity index is 0.00000477. The molecule has 3 heterocycles. The van der Waals surface area contributed by atoms with Crippen LogP contribution in [0, 0.1) is 5.82 Å². The second-order valence-corrected chi connectivity index (χ2v) is 26.5. The number of anilines is 2. The van der Waals surface area contributed by atoms with E-state index in [2.05, 4.69) is 32.1 Å². The smallest absolute Gasteiger partial charge is 0.416 e. The van der Waals surface area contributed by atoms with Crippen LogP contribution < -0.4 is 10.2 Å². The summed E-state index contributed by atoms with van der Waals surface area (Å²) in [7, 11) is 7.31. The van der Waals surface area contributed by atoms with Crippen molar-refractivity contribution in [2.75, 3.05) is 124 Å². The van der Waals surface area contributed by atoms with E-state index in [-0.39, 0.29) is 92.8 Å². The average molecular weight is 1470 g/mol. The minimum atomic E-state index is -5.15. The van der Waals surface area contributed by atoms with Crippen molar-refractivity contribution in [3.63, 3.8) is 0 Å². The fraction of sp³-hybridized carbons (Fsp3) is 0.453. The molecular weight excluding hydrogens is 1380 g/mol. The van der Waals surface area contributed by atoms with Crippen molar-refractivity contribution >= 4 is 78.3 Å². The number of carbonyl (C=O) groups excluding carboxylic acids is 5. The van der Waals surface area contributed by atoms with Crippen LogP contribution in [0.25, 0.3) is 11.1 Å². The molecule has 3 aliphatic heterocycles. The quantitative estimate of drug-likeness (QED) is 0.0409. The van der Waals surface area contributed by atoms with Crippen LogP contribution in [-0.2, 0) is 53.6 Å². The number of nitrogens with one attached hydrogen (secondary N) is 1. The van der Waals surface area contributed by atoms with Crippen molar-refractivity contribution < 1.29 is 68.9 Å². The Labute approximate surface area is 605 Å². The largest absolute Gasteiger partial charge is 0.446 e. The lowest BCUT2D eigenvalue weighted by molar-refractivity contribution is -0.143. The highest BCUT2D eigenvalue weighted by Gasteiger charge is 2.50. The first-order valence-corrected chi connectivity index (χ1v) is 33.7. The third kappa shape index (κ3) is 20.7. The SMILES string of the molecule is CN(CCN1CCC(OC(=O)Nc2ccccc2-c2ccccc2)CC1)C(=O)CCCCCN(C)c1cccc(C(=O)N(C)CCCN(C)C(=O)CO[C@H]2Cc3ccccc3C23CCN(CC[C@@]2(c4ccc(F)cc4)CN(C(=O)c4cc(C(F)(F)F)cc(C(F)(F)F)c4)CO2)CC3)c1.Cl.Cl.Cl. The van der Waals surface area contributed by atoms with Crippen LogP contribution >= 0.6 is 37.2 Å². The number of unbranched alkanes of at least 4 members (excludes halogenated alkanes) is 2. The summed E-state index contributed by atoms with van der Waals surface area (Å²) >= 11 is 0. The number of hydrogen-bond donors (Lipinski definition) is 1. The molecule has 1 aliphatic carbocycles. The summed E-state index contributed by atoms with van der Waals surface area (Å²) in [6.45, 7) is 5.30. The number of carbonyl (C=O) groups is 5. The van der Waals surface area contributed by atoms with Crippen molar-refractivity contribution in [3.8, 4) is 11.1 Å². The van der Waals surface area contributed by atoms with Crippen LogP contribution in [0.2, 0.25) is 0 Å². The van der Waals surface area contributed by atoms with Crippen LogP contribution in [0.4, 0.5) is 46.9 Å². The molecule has 0 unspecified atom stereocenters. The molecule has 5 amide bonds. The molecule has 3 saturated heterocycles. The predicted molar refractivity (Wildman–Crippen MR) is 382 cm³/mol.